The van der Waals surface area contributed by atoms with Crippen LogP contribution in [0.4, 0.5) is 5.69 Å². The van der Waals surface area contributed by atoms with Crippen molar-refractivity contribution in [3.8, 4) is 0 Å². The first-order valence-electron chi connectivity index (χ1n) is 5.16. The van der Waals surface area contributed by atoms with E-state index >= 15 is 0 Å². The summed E-state index contributed by atoms with van der Waals surface area (Å²) < 4.78 is 0. The molecular weight excluding hydrogens is 182 g/mol. The van der Waals surface area contributed by atoms with Crippen molar-refractivity contribution in [2.75, 3.05) is 12.4 Å². The predicted molar refractivity (Wildman–Crippen MR) is 67.4 cm³/mol. The molecule has 0 unspecified atom stereocenters. The van der Waals surface area contributed by atoms with E-state index in [0.29, 0.717) is 0 Å². The quantitative estimate of drug-likeness (QED) is 0.741. The second-order valence-corrected chi connectivity index (χ2v) is 3.56. The van der Waals surface area contributed by atoms with Gasteiger partial charge in [0, 0.05) is 12.7 Å². The van der Waals surface area contributed by atoms with E-state index in [0.717, 1.165) is 6.42 Å². The molecule has 2 aromatic carbocycles. The molecular formula is C14H15N. The predicted octanol–water partition coefficient (Wildman–Crippen LogP) is 3.61. The van der Waals surface area contributed by atoms with Gasteiger partial charge in [-0.2, -0.15) is 0 Å². The van der Waals surface area contributed by atoms with Gasteiger partial charge in [0.15, 0.2) is 0 Å². The topological polar surface area (TPSA) is 12.0 Å². The molecule has 0 aliphatic carbocycles. The molecule has 0 saturated carbocycles. The van der Waals surface area contributed by atoms with Crippen LogP contribution in [0.2, 0.25) is 0 Å². The molecule has 0 aromatic heterocycles. The molecule has 0 spiro atoms. The molecule has 0 saturated heterocycles. The van der Waals surface area contributed by atoms with Crippen LogP contribution in [0.3, 0.4) is 0 Å². The number of anilines is 1. The molecule has 2 aromatic rings. The summed E-state index contributed by atoms with van der Waals surface area (Å²) in [5.41, 5.74) is 2.51. The molecule has 0 fully saturated rings. The molecule has 0 amide bonds. The van der Waals surface area contributed by atoms with Crippen molar-refractivity contribution in [2.45, 2.75) is 6.42 Å². The third-order valence-corrected chi connectivity index (χ3v) is 2.66. The largest absolute Gasteiger partial charge is 0.388 e. The van der Waals surface area contributed by atoms with Gasteiger partial charge in [-0.15, -0.1) is 6.58 Å². The van der Waals surface area contributed by atoms with Crippen LogP contribution in [0.25, 0.3) is 10.8 Å². The lowest BCUT2D eigenvalue weighted by Crippen LogP contribution is -1.95. The lowest BCUT2D eigenvalue weighted by molar-refractivity contribution is 1.29. The molecule has 76 valence electrons. The van der Waals surface area contributed by atoms with Crippen molar-refractivity contribution in [3.05, 3.63) is 54.6 Å². The Bertz CT molecular complexity index is 486. The lowest BCUT2D eigenvalue weighted by Gasteiger charge is -2.10. The van der Waals surface area contributed by atoms with Gasteiger partial charge < -0.3 is 5.32 Å². The first-order valence-corrected chi connectivity index (χ1v) is 5.16. The number of hydrogen-bond acceptors (Lipinski definition) is 1. The second-order valence-electron chi connectivity index (χ2n) is 3.56. The molecule has 15 heavy (non-hydrogen) atoms. The van der Waals surface area contributed by atoms with Crippen molar-refractivity contribution in [3.63, 3.8) is 0 Å². The highest BCUT2D eigenvalue weighted by Crippen LogP contribution is 2.26. The van der Waals surface area contributed by atoms with E-state index in [4.69, 9.17) is 0 Å². The van der Waals surface area contributed by atoms with Crippen LogP contribution >= 0.6 is 0 Å². The fraction of sp³-hybridized carbons (Fsp3) is 0.143. The van der Waals surface area contributed by atoms with E-state index in [1.54, 1.807) is 0 Å². The molecule has 0 radical (unpaired) electrons. The minimum Gasteiger partial charge on any atom is -0.388 e. The van der Waals surface area contributed by atoms with Gasteiger partial charge in [-0.25, -0.2) is 0 Å². The summed E-state index contributed by atoms with van der Waals surface area (Å²) in [4.78, 5) is 0. The van der Waals surface area contributed by atoms with E-state index in [1.165, 1.54) is 22.0 Å². The maximum Gasteiger partial charge on any atom is 0.0379 e. The molecule has 0 heterocycles. The molecule has 0 atom stereocenters. The third-order valence-electron chi connectivity index (χ3n) is 2.66. The van der Waals surface area contributed by atoms with Gasteiger partial charge in [-0.3, -0.25) is 0 Å². The van der Waals surface area contributed by atoms with Gasteiger partial charge in [0.1, 0.15) is 0 Å². The van der Waals surface area contributed by atoms with E-state index in [2.05, 4.69) is 48.3 Å². The molecule has 2 rings (SSSR count). The van der Waals surface area contributed by atoms with Gasteiger partial charge in [-0.1, -0.05) is 36.4 Å². The summed E-state index contributed by atoms with van der Waals surface area (Å²) in [6.07, 6.45) is 2.85. The van der Waals surface area contributed by atoms with Gasteiger partial charge >= 0.3 is 0 Å². The van der Waals surface area contributed by atoms with Crippen molar-refractivity contribution >= 4 is 16.5 Å². The minimum absolute atomic E-state index is 0.900. The Morgan fingerprint density at radius 3 is 2.73 bits per heavy atom. The third kappa shape index (κ3) is 1.73. The Morgan fingerprint density at radius 1 is 1.20 bits per heavy atom. The maximum absolute atomic E-state index is 3.81. The van der Waals surface area contributed by atoms with Crippen LogP contribution in [0, 0.1) is 0 Å². The average Bonchev–Trinajstić information content (AvgIpc) is 2.30. The maximum atomic E-state index is 3.81. The molecule has 1 nitrogen and oxygen atoms in total. The van der Waals surface area contributed by atoms with Gasteiger partial charge in [-0.05, 0) is 28.8 Å². The van der Waals surface area contributed by atoms with E-state index in [9.17, 15) is 0 Å². The first kappa shape index (κ1) is 9.78. The van der Waals surface area contributed by atoms with Crippen molar-refractivity contribution < 1.29 is 0 Å². The Labute approximate surface area is 90.4 Å². The molecule has 0 aliphatic heterocycles. The SMILES string of the molecule is C=CCc1c(NC)ccc2ccccc12. The first-order chi connectivity index (χ1) is 7.36. The molecule has 1 heteroatoms. The van der Waals surface area contributed by atoms with Crippen LogP contribution in [0.15, 0.2) is 49.1 Å². The normalized spacial score (nSPS) is 10.2. The van der Waals surface area contributed by atoms with E-state index in [1.807, 2.05) is 13.1 Å². The van der Waals surface area contributed by atoms with Crippen molar-refractivity contribution in [1.82, 2.24) is 0 Å². The van der Waals surface area contributed by atoms with Gasteiger partial charge in [0.2, 0.25) is 0 Å². The minimum atomic E-state index is 0.900. The molecule has 1 N–H and O–H groups in total. The zero-order chi connectivity index (χ0) is 10.7. The molecule has 0 bridgehead atoms. The van der Waals surface area contributed by atoms with Crippen LogP contribution in [-0.4, -0.2) is 7.05 Å². The van der Waals surface area contributed by atoms with Crippen molar-refractivity contribution in [2.24, 2.45) is 0 Å². The fourth-order valence-corrected chi connectivity index (χ4v) is 1.93. The van der Waals surface area contributed by atoms with Gasteiger partial charge in [0.05, 0.1) is 0 Å². The summed E-state index contributed by atoms with van der Waals surface area (Å²) in [7, 11) is 1.96. The van der Waals surface area contributed by atoms with Crippen LogP contribution in [-0.2, 0) is 6.42 Å². The number of allylic oxidation sites excluding steroid dienone is 1. The highest BCUT2D eigenvalue weighted by atomic mass is 14.8. The Morgan fingerprint density at radius 2 is 2.00 bits per heavy atom. The van der Waals surface area contributed by atoms with Crippen LogP contribution in [0.1, 0.15) is 5.56 Å². The standard InChI is InChI=1S/C14H15N/c1-3-6-13-12-8-5-4-7-11(12)9-10-14(13)15-2/h3-5,7-10,15H,1,6H2,2H3. The monoisotopic (exact) mass is 197 g/mol. The summed E-state index contributed by atoms with van der Waals surface area (Å²) >= 11 is 0. The summed E-state index contributed by atoms with van der Waals surface area (Å²) in [6.45, 7) is 3.81. The number of nitrogens with one attached hydrogen (secondary N) is 1. The zero-order valence-corrected chi connectivity index (χ0v) is 8.96. The highest BCUT2D eigenvalue weighted by molar-refractivity contribution is 5.90. The smallest absolute Gasteiger partial charge is 0.0379 e. The lowest BCUT2D eigenvalue weighted by atomic mass is 10.00. The Hall–Kier alpha value is -1.76. The van der Waals surface area contributed by atoms with E-state index in [-0.39, 0.29) is 0 Å². The van der Waals surface area contributed by atoms with Crippen molar-refractivity contribution in [1.29, 1.82) is 0 Å². The van der Waals surface area contributed by atoms with Gasteiger partial charge in [0.25, 0.3) is 0 Å². The summed E-state index contributed by atoms with van der Waals surface area (Å²) in [5, 5.41) is 5.82. The molecule has 0 aliphatic rings. The van der Waals surface area contributed by atoms with E-state index < -0.39 is 0 Å². The average molecular weight is 197 g/mol. The highest BCUT2D eigenvalue weighted by Gasteiger charge is 2.03. The Kier molecular flexibility index (Phi) is 2.72. The Balaban J connectivity index is 2.72. The number of hydrogen-bond donors (Lipinski definition) is 1. The number of benzene rings is 2. The summed E-state index contributed by atoms with van der Waals surface area (Å²) in [6, 6.07) is 12.7. The zero-order valence-electron chi connectivity index (χ0n) is 8.96. The summed E-state index contributed by atoms with van der Waals surface area (Å²) in [5.74, 6) is 0. The van der Waals surface area contributed by atoms with Crippen LogP contribution < -0.4 is 5.32 Å². The number of fused-ring (bicyclic) bond motifs is 1. The fourth-order valence-electron chi connectivity index (χ4n) is 1.93. The number of rotatable bonds is 3. The second kappa shape index (κ2) is 4.18. The van der Waals surface area contributed by atoms with Crippen LogP contribution in [0.5, 0.6) is 0 Å².